The summed E-state index contributed by atoms with van der Waals surface area (Å²) in [4.78, 5) is 11.6. The summed E-state index contributed by atoms with van der Waals surface area (Å²) in [5.74, 6) is 0.686. The number of rotatable bonds is 4. The third-order valence-corrected chi connectivity index (χ3v) is 3.66. The molecule has 1 aliphatic rings. The van der Waals surface area contributed by atoms with Crippen molar-refractivity contribution in [2.75, 3.05) is 5.32 Å². The number of nitrogens with one attached hydrogen (secondary N) is 1. The maximum absolute atomic E-state index is 11.6. The molecule has 4 nitrogen and oxygen atoms in total. The summed E-state index contributed by atoms with van der Waals surface area (Å²) in [6.07, 6.45) is 3.28. The van der Waals surface area contributed by atoms with Crippen LogP contribution in [0.4, 0.5) is 5.13 Å². The zero-order chi connectivity index (χ0) is 10.8. The number of amides is 1. The van der Waals surface area contributed by atoms with Crippen LogP contribution in [-0.2, 0) is 4.79 Å². The van der Waals surface area contributed by atoms with Gasteiger partial charge in [-0.3, -0.25) is 4.79 Å². The Bertz CT molecular complexity index is 359. The molecule has 1 unspecified atom stereocenters. The summed E-state index contributed by atoms with van der Waals surface area (Å²) >= 11 is 1.51. The van der Waals surface area contributed by atoms with E-state index < -0.39 is 0 Å². The predicted molar refractivity (Wildman–Crippen MR) is 60.0 cm³/mol. The Balaban J connectivity index is 1.95. The second-order valence-electron chi connectivity index (χ2n) is 4.02. The fraction of sp³-hybridized carbons (Fsp3) is 0.700. The number of carbonyl (C=O) groups is 1. The molecule has 5 heteroatoms. The van der Waals surface area contributed by atoms with E-state index in [1.54, 1.807) is 0 Å². The van der Waals surface area contributed by atoms with E-state index in [-0.39, 0.29) is 11.8 Å². The molecule has 0 radical (unpaired) electrons. The van der Waals surface area contributed by atoms with Crippen molar-refractivity contribution in [3.63, 3.8) is 0 Å². The molecule has 0 bridgehead atoms. The maximum atomic E-state index is 11.6. The predicted octanol–water partition coefficient (Wildman–Crippen LogP) is 2.40. The average molecular weight is 225 g/mol. The van der Waals surface area contributed by atoms with E-state index in [0.717, 1.165) is 11.4 Å². The van der Waals surface area contributed by atoms with Crippen LogP contribution < -0.4 is 5.32 Å². The highest BCUT2D eigenvalue weighted by molar-refractivity contribution is 7.15. The molecule has 0 saturated heterocycles. The minimum atomic E-state index is 0.0380. The van der Waals surface area contributed by atoms with Crippen LogP contribution in [-0.4, -0.2) is 16.1 Å². The fourth-order valence-corrected chi connectivity index (χ4v) is 2.11. The standard InChI is InChI=1S/C10H15N3OS/c1-3-6(2)8(14)11-10-13-12-9(15-10)7-4-5-7/h6-7H,3-5H2,1-2H3,(H,11,13,14). The van der Waals surface area contributed by atoms with Gasteiger partial charge in [0, 0.05) is 11.8 Å². The largest absolute Gasteiger partial charge is 0.300 e. The Morgan fingerprint density at radius 1 is 1.60 bits per heavy atom. The first-order valence-corrected chi connectivity index (χ1v) is 6.16. The molecule has 1 aliphatic carbocycles. The lowest BCUT2D eigenvalue weighted by molar-refractivity contribution is -0.119. The highest BCUT2D eigenvalue weighted by atomic mass is 32.1. The highest BCUT2D eigenvalue weighted by Gasteiger charge is 2.27. The molecule has 1 aromatic rings. The topological polar surface area (TPSA) is 54.9 Å². The summed E-state index contributed by atoms with van der Waals surface area (Å²) in [7, 11) is 0. The van der Waals surface area contributed by atoms with Gasteiger partial charge in [-0.05, 0) is 19.3 Å². The Morgan fingerprint density at radius 3 is 2.93 bits per heavy atom. The molecule has 15 heavy (non-hydrogen) atoms. The van der Waals surface area contributed by atoms with Gasteiger partial charge in [-0.25, -0.2) is 0 Å². The van der Waals surface area contributed by atoms with Crippen LogP contribution >= 0.6 is 11.3 Å². The SMILES string of the molecule is CCC(C)C(=O)Nc1nnc(C2CC2)s1. The van der Waals surface area contributed by atoms with Crippen LogP contribution in [0.5, 0.6) is 0 Å². The molecular formula is C10H15N3OS. The first kappa shape index (κ1) is 10.5. The molecule has 82 valence electrons. The van der Waals surface area contributed by atoms with Gasteiger partial charge in [-0.1, -0.05) is 25.2 Å². The van der Waals surface area contributed by atoms with Crippen molar-refractivity contribution in [3.8, 4) is 0 Å². The maximum Gasteiger partial charge on any atom is 0.229 e. The van der Waals surface area contributed by atoms with E-state index in [9.17, 15) is 4.79 Å². The van der Waals surface area contributed by atoms with Gasteiger partial charge in [-0.2, -0.15) is 0 Å². The van der Waals surface area contributed by atoms with E-state index >= 15 is 0 Å². The molecule has 1 fully saturated rings. The Labute approximate surface area is 93.1 Å². The lowest BCUT2D eigenvalue weighted by Crippen LogP contribution is -2.19. The summed E-state index contributed by atoms with van der Waals surface area (Å²) in [6, 6.07) is 0. The van der Waals surface area contributed by atoms with Gasteiger partial charge < -0.3 is 5.32 Å². The lowest BCUT2D eigenvalue weighted by Gasteiger charge is -2.05. The van der Waals surface area contributed by atoms with Gasteiger partial charge in [0.15, 0.2) is 0 Å². The minimum absolute atomic E-state index is 0.0380. The van der Waals surface area contributed by atoms with E-state index in [4.69, 9.17) is 0 Å². The fourth-order valence-electron chi connectivity index (χ4n) is 1.19. The Hall–Kier alpha value is -0.970. The van der Waals surface area contributed by atoms with Crippen molar-refractivity contribution in [2.24, 2.45) is 5.92 Å². The zero-order valence-electron chi connectivity index (χ0n) is 8.99. The third kappa shape index (κ3) is 2.53. The van der Waals surface area contributed by atoms with Crippen LogP contribution in [0.1, 0.15) is 44.0 Å². The first-order valence-electron chi connectivity index (χ1n) is 5.35. The number of carbonyl (C=O) groups excluding carboxylic acids is 1. The van der Waals surface area contributed by atoms with Gasteiger partial charge >= 0.3 is 0 Å². The van der Waals surface area contributed by atoms with E-state index in [0.29, 0.717) is 11.0 Å². The molecule has 1 saturated carbocycles. The van der Waals surface area contributed by atoms with Crippen molar-refractivity contribution in [1.82, 2.24) is 10.2 Å². The van der Waals surface area contributed by atoms with E-state index in [2.05, 4.69) is 15.5 Å². The molecule has 1 heterocycles. The molecule has 1 amide bonds. The summed E-state index contributed by atoms with van der Waals surface area (Å²) in [5.41, 5.74) is 0. The molecule has 1 aromatic heterocycles. The molecule has 1 atom stereocenters. The Morgan fingerprint density at radius 2 is 2.33 bits per heavy atom. The number of nitrogens with zero attached hydrogens (tertiary/aromatic N) is 2. The van der Waals surface area contributed by atoms with E-state index in [1.165, 1.54) is 24.2 Å². The minimum Gasteiger partial charge on any atom is -0.300 e. The number of hydrogen-bond acceptors (Lipinski definition) is 4. The van der Waals surface area contributed by atoms with Crippen molar-refractivity contribution >= 4 is 22.4 Å². The molecule has 0 aromatic carbocycles. The summed E-state index contributed by atoms with van der Waals surface area (Å²) in [5, 5.41) is 12.5. The molecular weight excluding hydrogens is 210 g/mol. The van der Waals surface area contributed by atoms with Gasteiger partial charge in [-0.15, -0.1) is 10.2 Å². The zero-order valence-corrected chi connectivity index (χ0v) is 9.80. The van der Waals surface area contributed by atoms with Crippen LogP contribution in [0.15, 0.2) is 0 Å². The van der Waals surface area contributed by atoms with Crippen LogP contribution in [0.25, 0.3) is 0 Å². The van der Waals surface area contributed by atoms with Crippen LogP contribution in [0.2, 0.25) is 0 Å². The number of hydrogen-bond donors (Lipinski definition) is 1. The number of aromatic nitrogens is 2. The van der Waals surface area contributed by atoms with Gasteiger partial charge in [0.25, 0.3) is 0 Å². The molecule has 0 spiro atoms. The van der Waals surface area contributed by atoms with E-state index in [1.807, 2.05) is 13.8 Å². The second-order valence-corrected chi connectivity index (χ2v) is 5.03. The lowest BCUT2D eigenvalue weighted by atomic mass is 10.1. The molecule has 1 N–H and O–H groups in total. The second kappa shape index (κ2) is 4.26. The first-order chi connectivity index (χ1) is 7.20. The van der Waals surface area contributed by atoms with Crippen molar-refractivity contribution in [1.29, 1.82) is 0 Å². The van der Waals surface area contributed by atoms with Crippen molar-refractivity contribution in [3.05, 3.63) is 5.01 Å². The normalized spacial score (nSPS) is 17.5. The number of anilines is 1. The van der Waals surface area contributed by atoms with Gasteiger partial charge in [0.1, 0.15) is 5.01 Å². The molecule has 2 rings (SSSR count). The average Bonchev–Trinajstić information content (AvgIpc) is 2.99. The molecule has 0 aliphatic heterocycles. The van der Waals surface area contributed by atoms with Gasteiger partial charge in [0.2, 0.25) is 11.0 Å². The third-order valence-electron chi connectivity index (χ3n) is 2.66. The smallest absolute Gasteiger partial charge is 0.229 e. The Kier molecular flexibility index (Phi) is 3.00. The van der Waals surface area contributed by atoms with Crippen molar-refractivity contribution < 1.29 is 4.79 Å². The summed E-state index contributed by atoms with van der Waals surface area (Å²) < 4.78 is 0. The monoisotopic (exact) mass is 225 g/mol. The highest BCUT2D eigenvalue weighted by Crippen LogP contribution is 2.42. The van der Waals surface area contributed by atoms with Gasteiger partial charge in [0.05, 0.1) is 0 Å². The van der Waals surface area contributed by atoms with Crippen LogP contribution in [0, 0.1) is 5.92 Å². The van der Waals surface area contributed by atoms with Crippen molar-refractivity contribution in [2.45, 2.75) is 39.0 Å². The summed E-state index contributed by atoms with van der Waals surface area (Å²) in [6.45, 7) is 3.91. The quantitative estimate of drug-likeness (QED) is 0.856. The van der Waals surface area contributed by atoms with Crippen LogP contribution in [0.3, 0.4) is 0 Å².